The van der Waals surface area contributed by atoms with Gasteiger partial charge in [0.25, 0.3) is 5.90 Å². The van der Waals surface area contributed by atoms with Crippen molar-refractivity contribution in [2.24, 2.45) is 5.10 Å². The first-order valence-corrected chi connectivity index (χ1v) is 12.8. The molecule has 0 unspecified atom stereocenters. The SMILES string of the molecule is CCOC(=O)C(C)(C)Oc1c(C)cc(CN(Cc2nc(-c3ccccc3)oc2C)C(=O)C2=NNCO2)cc1C. The summed E-state index contributed by atoms with van der Waals surface area (Å²) in [5.41, 5.74) is 5.53. The van der Waals surface area contributed by atoms with Crippen LogP contribution in [0.4, 0.5) is 0 Å². The summed E-state index contributed by atoms with van der Waals surface area (Å²) in [4.78, 5) is 32.0. The predicted molar refractivity (Wildman–Crippen MR) is 145 cm³/mol. The summed E-state index contributed by atoms with van der Waals surface area (Å²) in [6.45, 7) is 11.6. The van der Waals surface area contributed by atoms with Gasteiger partial charge >= 0.3 is 11.9 Å². The quantitative estimate of drug-likeness (QED) is 0.381. The molecule has 1 aliphatic heterocycles. The molecule has 1 N–H and O–H groups in total. The smallest absolute Gasteiger partial charge is 0.349 e. The number of oxazole rings is 1. The zero-order valence-electron chi connectivity index (χ0n) is 23.2. The second kappa shape index (κ2) is 11.6. The van der Waals surface area contributed by atoms with Crippen molar-refractivity contribution in [3.8, 4) is 17.2 Å². The third kappa shape index (κ3) is 6.39. The first-order chi connectivity index (χ1) is 18.6. The topological polar surface area (TPSA) is 115 Å². The highest BCUT2D eigenvalue weighted by molar-refractivity contribution is 6.35. The summed E-state index contributed by atoms with van der Waals surface area (Å²) >= 11 is 0. The fourth-order valence-corrected chi connectivity index (χ4v) is 4.26. The van der Waals surface area contributed by atoms with Gasteiger partial charge in [-0.15, -0.1) is 5.10 Å². The van der Waals surface area contributed by atoms with Gasteiger partial charge in [-0.3, -0.25) is 10.2 Å². The van der Waals surface area contributed by atoms with E-state index in [0.29, 0.717) is 23.1 Å². The van der Waals surface area contributed by atoms with Gasteiger partial charge in [0.2, 0.25) is 5.89 Å². The van der Waals surface area contributed by atoms with Gasteiger partial charge in [0.15, 0.2) is 12.3 Å². The molecule has 0 spiro atoms. The van der Waals surface area contributed by atoms with Crippen molar-refractivity contribution in [2.75, 3.05) is 13.3 Å². The van der Waals surface area contributed by atoms with Crippen molar-refractivity contribution in [3.05, 3.63) is 70.6 Å². The van der Waals surface area contributed by atoms with Gasteiger partial charge < -0.3 is 23.5 Å². The molecule has 3 aromatic rings. The average molecular weight is 535 g/mol. The van der Waals surface area contributed by atoms with Gasteiger partial charge in [-0.1, -0.05) is 30.3 Å². The van der Waals surface area contributed by atoms with E-state index in [0.717, 1.165) is 22.3 Å². The number of aromatic nitrogens is 1. The monoisotopic (exact) mass is 534 g/mol. The Morgan fingerprint density at radius 2 is 1.77 bits per heavy atom. The van der Waals surface area contributed by atoms with Crippen molar-refractivity contribution < 1.29 is 28.2 Å². The Kier molecular flexibility index (Phi) is 8.23. The lowest BCUT2D eigenvalue weighted by Gasteiger charge is -2.27. The summed E-state index contributed by atoms with van der Waals surface area (Å²) in [6, 6.07) is 13.5. The second-order valence-corrected chi connectivity index (χ2v) is 9.80. The lowest BCUT2D eigenvalue weighted by molar-refractivity contribution is -0.158. The summed E-state index contributed by atoms with van der Waals surface area (Å²) in [5.74, 6) is 0.892. The number of hydrazone groups is 1. The van der Waals surface area contributed by atoms with Crippen LogP contribution in [0.1, 0.15) is 48.9 Å². The van der Waals surface area contributed by atoms with Gasteiger partial charge in [0.1, 0.15) is 17.2 Å². The first-order valence-electron chi connectivity index (χ1n) is 12.8. The Balaban J connectivity index is 1.60. The Bertz CT molecular complexity index is 1360. The molecule has 2 heterocycles. The van der Waals surface area contributed by atoms with E-state index in [1.54, 1.807) is 25.7 Å². The largest absolute Gasteiger partial charge is 0.476 e. The zero-order chi connectivity index (χ0) is 28.2. The van der Waals surface area contributed by atoms with Crippen molar-refractivity contribution in [2.45, 2.75) is 60.2 Å². The lowest BCUT2D eigenvalue weighted by Crippen LogP contribution is -2.40. The number of carbonyl (C=O) groups is 2. The maximum atomic E-state index is 13.4. The molecule has 0 atom stereocenters. The van der Waals surface area contributed by atoms with E-state index in [2.05, 4.69) is 15.5 Å². The number of nitrogens with one attached hydrogen (secondary N) is 1. The van der Waals surface area contributed by atoms with Crippen LogP contribution in [0.2, 0.25) is 0 Å². The van der Waals surface area contributed by atoms with E-state index < -0.39 is 11.6 Å². The fraction of sp³-hybridized carbons (Fsp3) is 0.379. The number of aryl methyl sites for hydroxylation is 3. The van der Waals surface area contributed by atoms with Crippen LogP contribution in [0, 0.1) is 20.8 Å². The molecular formula is C29H34N4O6. The molecule has 0 saturated heterocycles. The van der Waals surface area contributed by atoms with Crippen LogP contribution >= 0.6 is 0 Å². The highest BCUT2D eigenvalue weighted by atomic mass is 16.6. The number of rotatable bonds is 10. The molecule has 10 nitrogen and oxygen atoms in total. The van der Waals surface area contributed by atoms with E-state index in [4.69, 9.17) is 18.6 Å². The molecular weight excluding hydrogens is 500 g/mol. The van der Waals surface area contributed by atoms with Gasteiger partial charge in [-0.2, -0.15) is 0 Å². The van der Waals surface area contributed by atoms with Crippen LogP contribution < -0.4 is 10.2 Å². The fourth-order valence-electron chi connectivity index (χ4n) is 4.26. The molecule has 0 radical (unpaired) electrons. The van der Waals surface area contributed by atoms with E-state index in [9.17, 15) is 9.59 Å². The van der Waals surface area contributed by atoms with Gasteiger partial charge in [0, 0.05) is 12.1 Å². The van der Waals surface area contributed by atoms with Crippen molar-refractivity contribution in [3.63, 3.8) is 0 Å². The second-order valence-electron chi connectivity index (χ2n) is 9.80. The number of carbonyl (C=O) groups excluding carboxylic acids is 2. The highest BCUT2D eigenvalue weighted by Gasteiger charge is 2.33. The normalized spacial score (nSPS) is 12.8. The van der Waals surface area contributed by atoms with E-state index in [1.807, 2.05) is 63.2 Å². The third-order valence-electron chi connectivity index (χ3n) is 6.20. The number of hydrogen-bond donors (Lipinski definition) is 1. The molecule has 39 heavy (non-hydrogen) atoms. The maximum absolute atomic E-state index is 13.4. The van der Waals surface area contributed by atoms with Gasteiger partial charge in [0.05, 0.1) is 13.2 Å². The molecule has 2 aromatic carbocycles. The molecule has 1 amide bonds. The van der Waals surface area contributed by atoms with Crippen LogP contribution in [0.15, 0.2) is 52.0 Å². The Labute approximate surface area is 228 Å². The minimum absolute atomic E-state index is 0.0102. The number of ether oxygens (including phenoxy) is 3. The Hall–Kier alpha value is -4.34. The summed E-state index contributed by atoms with van der Waals surface area (Å²) in [6.07, 6.45) is 0. The highest BCUT2D eigenvalue weighted by Crippen LogP contribution is 2.30. The van der Waals surface area contributed by atoms with Gasteiger partial charge in [-0.25, -0.2) is 9.78 Å². The minimum atomic E-state index is -1.15. The number of esters is 1. The number of hydrogen-bond acceptors (Lipinski definition) is 9. The maximum Gasteiger partial charge on any atom is 0.349 e. The molecule has 10 heteroatoms. The predicted octanol–water partition coefficient (Wildman–Crippen LogP) is 4.41. The standard InChI is InChI=1S/C29H34N4O6/c1-7-36-28(35)29(5,6)39-24-18(2)13-21(14-19(24)3)15-33(27(34)26-32-30-17-37-26)16-23-20(4)38-25(31-23)22-11-9-8-10-12-22/h8-14,30H,7,15-17H2,1-6H3. The molecule has 0 fully saturated rings. The van der Waals surface area contributed by atoms with E-state index >= 15 is 0 Å². The molecule has 1 aliphatic rings. The van der Waals surface area contributed by atoms with Crippen LogP contribution in [0.3, 0.4) is 0 Å². The molecule has 206 valence electrons. The Morgan fingerprint density at radius 3 is 2.38 bits per heavy atom. The van der Waals surface area contributed by atoms with Crippen LogP contribution in [0.25, 0.3) is 11.5 Å². The molecule has 0 bridgehead atoms. The van der Waals surface area contributed by atoms with Crippen molar-refractivity contribution in [1.29, 1.82) is 0 Å². The molecule has 0 saturated carbocycles. The summed E-state index contributed by atoms with van der Waals surface area (Å²) in [5, 5.41) is 3.98. The van der Waals surface area contributed by atoms with Gasteiger partial charge in [-0.05, 0) is 70.4 Å². The summed E-state index contributed by atoms with van der Waals surface area (Å²) < 4.78 is 22.6. The van der Waals surface area contributed by atoms with Crippen LogP contribution in [-0.2, 0) is 32.2 Å². The first kappa shape index (κ1) is 27.7. The summed E-state index contributed by atoms with van der Waals surface area (Å²) in [7, 11) is 0. The van der Waals surface area contributed by atoms with E-state index in [-0.39, 0.29) is 38.2 Å². The van der Waals surface area contributed by atoms with Crippen molar-refractivity contribution >= 4 is 17.8 Å². The molecule has 0 aliphatic carbocycles. The van der Waals surface area contributed by atoms with Crippen LogP contribution in [-0.4, -0.2) is 46.6 Å². The number of nitrogens with zero attached hydrogens (tertiary/aromatic N) is 3. The average Bonchev–Trinajstić information content (AvgIpc) is 3.57. The zero-order valence-corrected chi connectivity index (χ0v) is 23.2. The minimum Gasteiger partial charge on any atom is -0.476 e. The molecule has 1 aromatic heterocycles. The third-order valence-corrected chi connectivity index (χ3v) is 6.20. The Morgan fingerprint density at radius 1 is 1.08 bits per heavy atom. The lowest BCUT2D eigenvalue weighted by atomic mass is 10.0. The molecule has 4 rings (SSSR count). The number of amides is 1. The number of benzene rings is 2. The van der Waals surface area contributed by atoms with Crippen LogP contribution in [0.5, 0.6) is 5.75 Å². The van der Waals surface area contributed by atoms with E-state index in [1.165, 1.54) is 0 Å². The van der Waals surface area contributed by atoms with Crippen molar-refractivity contribution in [1.82, 2.24) is 15.3 Å².